The summed E-state index contributed by atoms with van der Waals surface area (Å²) in [5.41, 5.74) is 5.02. The molecule has 0 radical (unpaired) electrons. The summed E-state index contributed by atoms with van der Waals surface area (Å²) in [6.07, 6.45) is 0.554. The van der Waals surface area contributed by atoms with E-state index in [1.54, 1.807) is 0 Å². The fourth-order valence-electron chi connectivity index (χ4n) is 1.48. The molecule has 0 aliphatic carbocycles. The van der Waals surface area contributed by atoms with Gasteiger partial charge in [-0.25, -0.2) is 10.2 Å². The summed E-state index contributed by atoms with van der Waals surface area (Å²) < 4.78 is 10.4. The smallest absolute Gasteiger partial charge is 0.422 e. The highest BCUT2D eigenvalue weighted by Crippen LogP contribution is 2.13. The molecule has 94 valence electrons. The lowest BCUT2D eigenvalue weighted by Crippen LogP contribution is -2.52. The second-order valence-electron chi connectivity index (χ2n) is 5.22. The number of hydrogen-bond donors (Lipinski definition) is 2. The summed E-state index contributed by atoms with van der Waals surface area (Å²) in [5, 5.41) is 0. The second-order valence-corrected chi connectivity index (χ2v) is 5.22. The Morgan fingerprint density at radius 1 is 1.44 bits per heavy atom. The Kier molecular flexibility index (Phi) is 4.56. The molecule has 0 aromatic carbocycles. The number of ether oxygens (including phenoxy) is 2. The van der Waals surface area contributed by atoms with Gasteiger partial charge in [0.1, 0.15) is 5.60 Å². The van der Waals surface area contributed by atoms with E-state index < -0.39 is 11.7 Å². The van der Waals surface area contributed by atoms with Gasteiger partial charge < -0.3 is 9.47 Å². The zero-order valence-electron chi connectivity index (χ0n) is 10.5. The van der Waals surface area contributed by atoms with Crippen LogP contribution in [0.4, 0.5) is 4.79 Å². The molecule has 0 saturated carbocycles. The minimum Gasteiger partial charge on any atom is -0.443 e. The van der Waals surface area contributed by atoms with Crippen LogP contribution >= 0.6 is 0 Å². The molecule has 0 bridgehead atoms. The number of amides is 1. The summed E-state index contributed by atoms with van der Waals surface area (Å²) in [4.78, 5) is 11.4. The number of hydrogen-bond acceptors (Lipinski definition) is 4. The van der Waals surface area contributed by atoms with Crippen molar-refractivity contribution in [1.82, 2.24) is 10.9 Å². The van der Waals surface area contributed by atoms with Crippen molar-refractivity contribution in [3.8, 4) is 0 Å². The predicted molar refractivity (Wildman–Crippen MR) is 60.9 cm³/mol. The molecule has 1 saturated heterocycles. The standard InChI is InChI=1S/C11H22N2O3/c1-8-5-6-15-7-9(8)12-13-10(14)16-11(2,3)4/h8-9,12H,5-7H2,1-4H3,(H,13,14)/t8-,9+/m1/s1. The lowest BCUT2D eigenvalue weighted by Gasteiger charge is -2.30. The zero-order chi connectivity index (χ0) is 12.2. The average Bonchev–Trinajstić information content (AvgIpc) is 2.14. The lowest BCUT2D eigenvalue weighted by molar-refractivity contribution is 0.0251. The van der Waals surface area contributed by atoms with Crippen LogP contribution in [-0.4, -0.2) is 30.9 Å². The molecule has 0 spiro atoms. The molecular weight excluding hydrogens is 208 g/mol. The highest BCUT2D eigenvalue weighted by Gasteiger charge is 2.23. The molecule has 16 heavy (non-hydrogen) atoms. The van der Waals surface area contributed by atoms with Crippen LogP contribution in [0.1, 0.15) is 34.1 Å². The maximum atomic E-state index is 11.4. The molecule has 1 amide bonds. The van der Waals surface area contributed by atoms with Crippen LogP contribution < -0.4 is 10.9 Å². The van der Waals surface area contributed by atoms with Crippen molar-refractivity contribution in [2.24, 2.45) is 5.92 Å². The summed E-state index contributed by atoms with van der Waals surface area (Å²) in [7, 11) is 0. The molecule has 1 aliphatic rings. The zero-order valence-corrected chi connectivity index (χ0v) is 10.5. The number of nitrogens with one attached hydrogen (secondary N) is 2. The first-order valence-electron chi connectivity index (χ1n) is 5.71. The van der Waals surface area contributed by atoms with E-state index in [4.69, 9.17) is 9.47 Å². The lowest BCUT2D eigenvalue weighted by atomic mass is 9.98. The third-order valence-corrected chi connectivity index (χ3v) is 2.46. The van der Waals surface area contributed by atoms with E-state index in [1.807, 2.05) is 20.8 Å². The molecule has 5 heteroatoms. The van der Waals surface area contributed by atoms with Crippen molar-refractivity contribution in [1.29, 1.82) is 0 Å². The van der Waals surface area contributed by atoms with E-state index in [0.29, 0.717) is 12.5 Å². The number of rotatable bonds is 2. The molecule has 2 N–H and O–H groups in total. The molecule has 1 heterocycles. The van der Waals surface area contributed by atoms with E-state index in [-0.39, 0.29) is 6.04 Å². The Bertz CT molecular complexity index is 238. The Morgan fingerprint density at radius 2 is 2.12 bits per heavy atom. The van der Waals surface area contributed by atoms with Gasteiger partial charge in [-0.05, 0) is 33.1 Å². The molecule has 0 unspecified atom stereocenters. The molecule has 0 aromatic heterocycles. The first-order valence-corrected chi connectivity index (χ1v) is 5.71. The SMILES string of the molecule is C[C@@H]1CCOC[C@@H]1NNC(=O)OC(C)(C)C. The van der Waals surface area contributed by atoms with Gasteiger partial charge in [0.2, 0.25) is 0 Å². The van der Waals surface area contributed by atoms with Crippen molar-refractivity contribution in [3.63, 3.8) is 0 Å². The fourth-order valence-corrected chi connectivity index (χ4v) is 1.48. The second kappa shape index (κ2) is 5.50. The van der Waals surface area contributed by atoms with Gasteiger partial charge >= 0.3 is 6.09 Å². The Labute approximate surface area is 96.8 Å². The maximum absolute atomic E-state index is 11.4. The molecule has 0 aromatic rings. The van der Waals surface area contributed by atoms with Crippen molar-refractivity contribution >= 4 is 6.09 Å². The molecule has 5 nitrogen and oxygen atoms in total. The molecule has 1 rings (SSSR count). The Morgan fingerprint density at radius 3 is 2.69 bits per heavy atom. The van der Waals surface area contributed by atoms with Crippen molar-refractivity contribution in [2.75, 3.05) is 13.2 Å². The van der Waals surface area contributed by atoms with E-state index in [9.17, 15) is 4.79 Å². The summed E-state index contributed by atoms with van der Waals surface area (Å²) in [6.45, 7) is 9.05. The molecule has 1 aliphatic heterocycles. The topological polar surface area (TPSA) is 59.6 Å². The largest absolute Gasteiger partial charge is 0.443 e. The van der Waals surface area contributed by atoms with Crippen LogP contribution in [0.5, 0.6) is 0 Å². The monoisotopic (exact) mass is 230 g/mol. The van der Waals surface area contributed by atoms with Crippen molar-refractivity contribution in [3.05, 3.63) is 0 Å². The van der Waals surface area contributed by atoms with Crippen LogP contribution in [0.2, 0.25) is 0 Å². The van der Waals surface area contributed by atoms with Crippen LogP contribution in [0.25, 0.3) is 0 Å². The van der Waals surface area contributed by atoms with Crippen LogP contribution in [0.15, 0.2) is 0 Å². The minimum atomic E-state index is -0.472. The first kappa shape index (κ1) is 13.3. The van der Waals surface area contributed by atoms with Crippen LogP contribution in [-0.2, 0) is 9.47 Å². The summed E-state index contributed by atoms with van der Waals surface area (Å²) in [6, 6.07) is 0.154. The Hall–Kier alpha value is -0.810. The van der Waals surface area contributed by atoms with Gasteiger partial charge in [0, 0.05) is 6.61 Å². The number of carbonyl (C=O) groups is 1. The molecular formula is C11H22N2O3. The fraction of sp³-hybridized carbons (Fsp3) is 0.909. The van der Waals surface area contributed by atoms with Gasteiger partial charge in [-0.2, -0.15) is 0 Å². The van der Waals surface area contributed by atoms with E-state index >= 15 is 0 Å². The first-order chi connectivity index (χ1) is 7.38. The van der Waals surface area contributed by atoms with E-state index in [1.165, 1.54) is 0 Å². The minimum absolute atomic E-state index is 0.154. The van der Waals surface area contributed by atoms with E-state index in [2.05, 4.69) is 17.8 Å². The number of carbonyl (C=O) groups excluding carboxylic acids is 1. The quantitative estimate of drug-likeness (QED) is 0.705. The van der Waals surface area contributed by atoms with Crippen molar-refractivity contribution < 1.29 is 14.3 Å². The van der Waals surface area contributed by atoms with Gasteiger partial charge in [-0.3, -0.25) is 5.43 Å². The number of hydrazine groups is 1. The normalized spacial score (nSPS) is 26.2. The van der Waals surface area contributed by atoms with Crippen molar-refractivity contribution in [2.45, 2.75) is 45.8 Å². The maximum Gasteiger partial charge on any atom is 0.422 e. The van der Waals surface area contributed by atoms with Gasteiger partial charge in [-0.15, -0.1) is 0 Å². The molecule has 2 atom stereocenters. The third kappa shape index (κ3) is 4.81. The summed E-state index contributed by atoms with van der Waals surface area (Å²) in [5.74, 6) is 0.490. The highest BCUT2D eigenvalue weighted by atomic mass is 16.6. The van der Waals surface area contributed by atoms with Gasteiger partial charge in [0.15, 0.2) is 0 Å². The third-order valence-electron chi connectivity index (χ3n) is 2.46. The van der Waals surface area contributed by atoms with Crippen LogP contribution in [0.3, 0.4) is 0 Å². The van der Waals surface area contributed by atoms with E-state index in [0.717, 1.165) is 13.0 Å². The predicted octanol–water partition coefficient (Wildman–Crippen LogP) is 1.44. The van der Waals surface area contributed by atoms with Gasteiger partial charge in [0.05, 0.1) is 12.6 Å². The van der Waals surface area contributed by atoms with Gasteiger partial charge in [0.25, 0.3) is 0 Å². The van der Waals surface area contributed by atoms with Crippen LogP contribution in [0, 0.1) is 5.92 Å². The average molecular weight is 230 g/mol. The Balaban J connectivity index is 2.25. The van der Waals surface area contributed by atoms with Gasteiger partial charge in [-0.1, -0.05) is 6.92 Å². The summed E-state index contributed by atoms with van der Waals surface area (Å²) >= 11 is 0. The molecule has 1 fully saturated rings. The highest BCUT2D eigenvalue weighted by molar-refractivity contribution is 5.67.